The maximum Gasteiger partial charge on any atom is 0.189 e. The third kappa shape index (κ3) is 4.67. The Morgan fingerprint density at radius 3 is 1.79 bits per heavy atom. The van der Waals surface area contributed by atoms with Crippen LogP contribution in [0.15, 0.2) is 91.0 Å². The SMILES string of the molecule is CN(C)c1ccc(/C=C/C(O)C(F)P(=O)(c2ccccc2)c2ccccc2)cc1. The Hall–Kier alpha value is -2.68. The Kier molecular flexibility index (Phi) is 6.68. The van der Waals surface area contributed by atoms with Crippen LogP contribution < -0.4 is 15.5 Å². The van der Waals surface area contributed by atoms with E-state index in [2.05, 4.69) is 0 Å². The number of anilines is 1. The minimum absolute atomic E-state index is 0.390. The summed E-state index contributed by atoms with van der Waals surface area (Å²) in [5.74, 6) is -1.95. The summed E-state index contributed by atoms with van der Waals surface area (Å²) in [4.78, 5) is 1.98. The molecule has 150 valence electrons. The van der Waals surface area contributed by atoms with Gasteiger partial charge in [-0.1, -0.05) is 84.9 Å². The van der Waals surface area contributed by atoms with Gasteiger partial charge in [-0.3, -0.25) is 0 Å². The van der Waals surface area contributed by atoms with Crippen LogP contribution in [0.3, 0.4) is 0 Å². The number of hydrogen-bond donors (Lipinski definition) is 1. The Morgan fingerprint density at radius 2 is 1.34 bits per heavy atom. The van der Waals surface area contributed by atoms with Gasteiger partial charge in [0.25, 0.3) is 0 Å². The lowest BCUT2D eigenvalue weighted by Gasteiger charge is -2.25. The zero-order valence-corrected chi connectivity index (χ0v) is 17.4. The maximum absolute atomic E-state index is 15.5. The van der Waals surface area contributed by atoms with Gasteiger partial charge < -0.3 is 14.6 Å². The van der Waals surface area contributed by atoms with Crippen LogP contribution in [0.2, 0.25) is 0 Å². The average Bonchev–Trinajstić information content (AvgIpc) is 2.77. The van der Waals surface area contributed by atoms with E-state index in [1.807, 2.05) is 43.3 Å². The lowest BCUT2D eigenvalue weighted by atomic mass is 10.1. The molecule has 0 spiro atoms. The molecule has 0 aromatic heterocycles. The zero-order valence-electron chi connectivity index (χ0n) is 16.5. The normalized spacial score (nSPS) is 13.9. The lowest BCUT2D eigenvalue weighted by molar-refractivity contribution is 0.160. The second-order valence-electron chi connectivity index (χ2n) is 7.04. The molecule has 0 aliphatic heterocycles. The van der Waals surface area contributed by atoms with E-state index in [9.17, 15) is 9.67 Å². The van der Waals surface area contributed by atoms with Gasteiger partial charge in [-0.25, -0.2) is 4.39 Å². The number of rotatable bonds is 7. The van der Waals surface area contributed by atoms with E-state index < -0.39 is 19.2 Å². The summed E-state index contributed by atoms with van der Waals surface area (Å²) in [5, 5.41) is 11.3. The Bertz CT molecular complexity index is 945. The molecule has 0 amide bonds. The third-order valence-electron chi connectivity index (χ3n) is 4.80. The topological polar surface area (TPSA) is 40.5 Å². The molecule has 0 aliphatic carbocycles. The van der Waals surface area contributed by atoms with Crippen molar-refractivity contribution in [3.63, 3.8) is 0 Å². The highest BCUT2D eigenvalue weighted by Crippen LogP contribution is 2.50. The number of aliphatic hydroxyl groups is 1. The van der Waals surface area contributed by atoms with Crippen molar-refractivity contribution in [2.24, 2.45) is 0 Å². The highest BCUT2D eigenvalue weighted by atomic mass is 31.2. The van der Waals surface area contributed by atoms with Crippen LogP contribution in [0.25, 0.3) is 6.08 Å². The van der Waals surface area contributed by atoms with Crippen LogP contribution >= 0.6 is 7.14 Å². The van der Waals surface area contributed by atoms with Crippen LogP contribution in [0.1, 0.15) is 5.56 Å². The van der Waals surface area contributed by atoms with E-state index in [1.54, 1.807) is 66.7 Å². The van der Waals surface area contributed by atoms with Crippen molar-refractivity contribution in [2.45, 2.75) is 12.0 Å². The van der Waals surface area contributed by atoms with Crippen molar-refractivity contribution in [1.82, 2.24) is 0 Å². The van der Waals surface area contributed by atoms with Gasteiger partial charge in [0.2, 0.25) is 0 Å². The summed E-state index contributed by atoms with van der Waals surface area (Å²) in [6.45, 7) is 0. The molecular formula is C24H25FNO2P. The Balaban J connectivity index is 1.90. The molecule has 3 nitrogen and oxygen atoms in total. The van der Waals surface area contributed by atoms with Crippen molar-refractivity contribution in [3.05, 3.63) is 96.6 Å². The number of aliphatic hydroxyl groups excluding tert-OH is 1. The zero-order chi connectivity index (χ0) is 20.9. The number of hydrogen-bond acceptors (Lipinski definition) is 3. The van der Waals surface area contributed by atoms with Gasteiger partial charge in [-0.05, 0) is 17.7 Å². The first-order valence-electron chi connectivity index (χ1n) is 9.41. The number of halogens is 1. The molecule has 2 atom stereocenters. The van der Waals surface area contributed by atoms with Crippen molar-refractivity contribution in [2.75, 3.05) is 19.0 Å². The quantitative estimate of drug-likeness (QED) is 0.587. The van der Waals surface area contributed by atoms with Crippen molar-refractivity contribution >= 4 is 29.5 Å². The number of benzene rings is 3. The smallest absolute Gasteiger partial charge is 0.189 e. The average molecular weight is 409 g/mol. The molecule has 29 heavy (non-hydrogen) atoms. The van der Waals surface area contributed by atoms with Crippen molar-refractivity contribution in [3.8, 4) is 0 Å². The Morgan fingerprint density at radius 1 is 0.862 bits per heavy atom. The van der Waals surface area contributed by atoms with E-state index >= 15 is 4.39 Å². The molecule has 1 N–H and O–H groups in total. The highest BCUT2D eigenvalue weighted by molar-refractivity contribution is 7.79. The van der Waals surface area contributed by atoms with Crippen LogP contribution in [-0.2, 0) is 4.57 Å². The van der Waals surface area contributed by atoms with Crippen molar-refractivity contribution < 1.29 is 14.1 Å². The molecule has 0 heterocycles. The summed E-state index contributed by atoms with van der Waals surface area (Å²) in [6.07, 6.45) is 1.51. The first-order valence-corrected chi connectivity index (χ1v) is 11.2. The molecule has 3 rings (SSSR count). The largest absolute Gasteiger partial charge is 0.385 e. The molecule has 2 unspecified atom stereocenters. The van der Waals surface area contributed by atoms with Gasteiger partial charge in [0, 0.05) is 30.4 Å². The predicted molar refractivity (Wildman–Crippen MR) is 120 cm³/mol. The molecule has 0 saturated carbocycles. The molecule has 0 fully saturated rings. The molecule has 5 heteroatoms. The summed E-state index contributed by atoms with van der Waals surface area (Å²) < 4.78 is 29.4. The van der Waals surface area contributed by atoms with Gasteiger partial charge in [0.1, 0.15) is 6.10 Å². The monoisotopic (exact) mass is 409 g/mol. The second kappa shape index (κ2) is 9.21. The fourth-order valence-electron chi connectivity index (χ4n) is 3.13. The lowest BCUT2D eigenvalue weighted by Crippen LogP contribution is -2.30. The fourth-order valence-corrected chi connectivity index (χ4v) is 5.76. The van der Waals surface area contributed by atoms with Gasteiger partial charge in [-0.15, -0.1) is 0 Å². The van der Waals surface area contributed by atoms with E-state index in [0.717, 1.165) is 11.3 Å². The fraction of sp³-hybridized carbons (Fsp3) is 0.167. The Labute approximate surface area is 171 Å². The predicted octanol–water partition coefficient (Wildman–Crippen LogP) is 4.44. The van der Waals surface area contributed by atoms with Crippen LogP contribution in [0.5, 0.6) is 0 Å². The summed E-state index contributed by atoms with van der Waals surface area (Å²) >= 11 is 0. The van der Waals surface area contributed by atoms with Gasteiger partial charge >= 0.3 is 0 Å². The number of alkyl halides is 1. The first kappa shape index (κ1) is 21.0. The number of nitrogens with zero attached hydrogens (tertiary/aromatic N) is 1. The second-order valence-corrected chi connectivity index (χ2v) is 9.88. The summed E-state index contributed by atoms with van der Waals surface area (Å²) in [7, 11) is 0.215. The van der Waals surface area contributed by atoms with Gasteiger partial charge in [-0.2, -0.15) is 0 Å². The van der Waals surface area contributed by atoms with Crippen LogP contribution in [0.4, 0.5) is 10.1 Å². The van der Waals surface area contributed by atoms with E-state index in [1.165, 1.54) is 6.08 Å². The molecule has 3 aromatic carbocycles. The maximum atomic E-state index is 15.5. The van der Waals surface area contributed by atoms with Crippen LogP contribution in [-0.4, -0.2) is 31.2 Å². The van der Waals surface area contributed by atoms with E-state index in [-0.39, 0.29) is 0 Å². The molecule has 3 aromatic rings. The standard InChI is InChI=1S/C24H25FNO2P/c1-26(2)20-16-13-19(14-17-20)15-18-23(27)24(25)29(28,21-9-5-3-6-10-21)22-11-7-4-8-12-22/h3-18,23-24,27H,1-2H3/b18-15+. The van der Waals surface area contributed by atoms with Crippen LogP contribution in [0, 0.1) is 0 Å². The third-order valence-corrected chi connectivity index (χ3v) is 7.93. The highest BCUT2D eigenvalue weighted by Gasteiger charge is 2.40. The molecule has 0 bridgehead atoms. The van der Waals surface area contributed by atoms with Crippen molar-refractivity contribution in [1.29, 1.82) is 0 Å². The van der Waals surface area contributed by atoms with Gasteiger partial charge in [0.15, 0.2) is 13.1 Å². The minimum atomic E-state index is -3.69. The van der Waals surface area contributed by atoms with E-state index in [4.69, 9.17) is 0 Å². The van der Waals surface area contributed by atoms with Gasteiger partial charge in [0.05, 0.1) is 0 Å². The summed E-state index contributed by atoms with van der Waals surface area (Å²) in [5.41, 5.74) is 1.87. The minimum Gasteiger partial charge on any atom is -0.385 e. The molecule has 0 aliphatic rings. The molecular weight excluding hydrogens is 384 g/mol. The molecule has 0 radical (unpaired) electrons. The summed E-state index contributed by atoms with van der Waals surface area (Å²) in [6, 6.07) is 24.8. The molecule has 0 saturated heterocycles. The first-order chi connectivity index (χ1) is 13.9. The van der Waals surface area contributed by atoms with E-state index in [0.29, 0.717) is 10.6 Å².